The number of unbranched alkanes of at least 4 members (excludes halogenated alkanes) is 2. The number of carboxylic acids is 1. The number of nitrogens with zero attached hydrogens (tertiary/aromatic N) is 3. The molecule has 4 amide bonds. The van der Waals surface area contributed by atoms with E-state index in [1.807, 2.05) is 0 Å². The fraction of sp³-hybridized carbons (Fsp3) is 0.414. The van der Waals surface area contributed by atoms with Crippen LogP contribution in [0.5, 0.6) is 0 Å². The molecule has 0 saturated heterocycles. The zero-order valence-corrected chi connectivity index (χ0v) is 25.2. The summed E-state index contributed by atoms with van der Waals surface area (Å²) in [4.78, 5) is 61.2. The molecule has 0 spiro atoms. The maximum absolute atomic E-state index is 13.0. The first-order valence-corrected chi connectivity index (χ1v) is 13.7. The lowest BCUT2D eigenvalue weighted by Gasteiger charge is -2.19. The molecular weight excluding hydrogens is 558 g/mol. The van der Waals surface area contributed by atoms with Crippen molar-refractivity contribution >= 4 is 46.8 Å². The zero-order valence-electron chi connectivity index (χ0n) is 25.2. The second-order valence-corrected chi connectivity index (χ2v) is 11.2. The summed E-state index contributed by atoms with van der Waals surface area (Å²) in [6, 6.07) is 4.59. The largest absolute Gasteiger partial charge is 0.481 e. The van der Waals surface area contributed by atoms with Gasteiger partial charge in [0.15, 0.2) is 0 Å². The maximum atomic E-state index is 13.0. The van der Waals surface area contributed by atoms with Crippen LogP contribution in [0.1, 0.15) is 77.9 Å². The number of ether oxygens (including phenoxy) is 1. The number of hydrogen-bond acceptors (Lipinski definition) is 6. The van der Waals surface area contributed by atoms with E-state index in [2.05, 4.69) is 21.3 Å². The number of rotatable bonds is 12. The standard InChI is InChI=1S/C29H39N7O7/c1-29(2,3)43-28(42)33-20-14-23(36(6)17-20)27(41)32-19-13-22(35(5)16-19)26(40)31-18-12-21(34(4)15-18)25(39)30-11-9-7-8-10-24(37)38/h12-17H,7-11H2,1-6H3,(H,30,39)(H,31,40)(H,32,41)(H,33,42)(H,37,38). The van der Waals surface area contributed by atoms with E-state index in [4.69, 9.17) is 9.84 Å². The van der Waals surface area contributed by atoms with Gasteiger partial charge < -0.3 is 39.5 Å². The summed E-state index contributed by atoms with van der Waals surface area (Å²) in [7, 11) is 5.01. The first kappa shape index (κ1) is 32.5. The average molecular weight is 598 g/mol. The van der Waals surface area contributed by atoms with E-state index < -0.39 is 29.5 Å². The first-order chi connectivity index (χ1) is 20.1. The van der Waals surface area contributed by atoms with Crippen LogP contribution < -0.4 is 21.3 Å². The summed E-state index contributed by atoms with van der Waals surface area (Å²) in [6.07, 6.45) is 6.16. The molecule has 3 heterocycles. The van der Waals surface area contributed by atoms with Crippen LogP contribution in [0.15, 0.2) is 36.8 Å². The monoisotopic (exact) mass is 597 g/mol. The van der Waals surface area contributed by atoms with Crippen LogP contribution in [0.2, 0.25) is 0 Å². The second-order valence-electron chi connectivity index (χ2n) is 11.2. The van der Waals surface area contributed by atoms with Crippen molar-refractivity contribution in [3.05, 3.63) is 53.9 Å². The number of aromatic nitrogens is 3. The highest BCUT2D eigenvalue weighted by molar-refractivity contribution is 6.07. The number of carboxylic acid groups (broad SMARTS) is 1. The van der Waals surface area contributed by atoms with Gasteiger partial charge in [-0.1, -0.05) is 6.42 Å². The summed E-state index contributed by atoms with van der Waals surface area (Å²) >= 11 is 0. The van der Waals surface area contributed by atoms with Crippen molar-refractivity contribution in [3.8, 4) is 0 Å². The van der Waals surface area contributed by atoms with Gasteiger partial charge in [0.05, 0.1) is 17.1 Å². The summed E-state index contributed by atoms with van der Waals surface area (Å²) < 4.78 is 9.96. The number of aryl methyl sites for hydroxylation is 3. The fourth-order valence-electron chi connectivity index (χ4n) is 4.26. The van der Waals surface area contributed by atoms with Gasteiger partial charge in [-0.2, -0.15) is 0 Å². The minimum absolute atomic E-state index is 0.104. The van der Waals surface area contributed by atoms with E-state index in [0.29, 0.717) is 48.6 Å². The Morgan fingerprint density at radius 3 is 1.58 bits per heavy atom. The Hall–Kier alpha value is -5.01. The molecule has 3 aromatic heterocycles. The number of nitrogens with one attached hydrogen (secondary N) is 4. The molecule has 0 fully saturated rings. The molecule has 0 aromatic carbocycles. The topological polar surface area (TPSA) is 178 Å². The molecule has 0 aliphatic carbocycles. The summed E-state index contributed by atoms with van der Waals surface area (Å²) in [6.45, 7) is 5.66. The molecule has 0 saturated carbocycles. The maximum Gasteiger partial charge on any atom is 0.412 e. The van der Waals surface area contributed by atoms with E-state index >= 15 is 0 Å². The predicted octanol–water partition coefficient (Wildman–Crippen LogP) is 3.93. The van der Waals surface area contributed by atoms with Gasteiger partial charge in [0.2, 0.25) is 0 Å². The Kier molecular flexibility index (Phi) is 10.4. The van der Waals surface area contributed by atoms with Gasteiger partial charge in [-0.25, -0.2) is 4.79 Å². The summed E-state index contributed by atoms with van der Waals surface area (Å²) in [5.41, 5.74) is 1.42. The zero-order chi connectivity index (χ0) is 31.9. The van der Waals surface area contributed by atoms with Crippen molar-refractivity contribution in [1.82, 2.24) is 19.0 Å². The van der Waals surface area contributed by atoms with Gasteiger partial charge in [0.25, 0.3) is 17.7 Å². The van der Waals surface area contributed by atoms with Crippen molar-refractivity contribution in [3.63, 3.8) is 0 Å². The smallest absolute Gasteiger partial charge is 0.412 e. The van der Waals surface area contributed by atoms with E-state index in [0.717, 1.165) is 0 Å². The molecule has 232 valence electrons. The van der Waals surface area contributed by atoms with Gasteiger partial charge in [-0.15, -0.1) is 0 Å². The SMILES string of the molecule is Cn1cc(NC(=O)c2cc(NC(=O)c3cc(NC(=O)OC(C)(C)C)cn3C)cn2C)cc1C(=O)NCCCCCC(=O)O. The van der Waals surface area contributed by atoms with Crippen LogP contribution >= 0.6 is 0 Å². The molecule has 3 aromatic rings. The van der Waals surface area contributed by atoms with Gasteiger partial charge >= 0.3 is 12.1 Å². The van der Waals surface area contributed by atoms with Gasteiger partial charge in [-0.3, -0.25) is 24.5 Å². The molecule has 5 N–H and O–H groups in total. The fourth-order valence-corrected chi connectivity index (χ4v) is 4.26. The normalized spacial score (nSPS) is 11.1. The minimum Gasteiger partial charge on any atom is -0.481 e. The summed E-state index contributed by atoms with van der Waals surface area (Å²) in [5, 5.41) is 19.6. The van der Waals surface area contributed by atoms with Crippen LogP contribution in [-0.2, 0) is 30.7 Å². The molecule has 14 heteroatoms. The Morgan fingerprint density at radius 1 is 0.698 bits per heavy atom. The lowest BCUT2D eigenvalue weighted by atomic mass is 10.2. The van der Waals surface area contributed by atoms with Crippen molar-refractivity contribution < 1.29 is 33.8 Å². The highest BCUT2D eigenvalue weighted by atomic mass is 16.6. The second kappa shape index (κ2) is 13.8. The third-order valence-electron chi connectivity index (χ3n) is 6.23. The average Bonchev–Trinajstić information content (AvgIpc) is 3.55. The molecule has 14 nitrogen and oxygen atoms in total. The molecule has 3 rings (SSSR count). The van der Waals surface area contributed by atoms with E-state index in [-0.39, 0.29) is 23.7 Å². The van der Waals surface area contributed by atoms with Crippen LogP contribution in [0.25, 0.3) is 0 Å². The Labute approximate surface area is 249 Å². The van der Waals surface area contributed by atoms with Crippen LogP contribution in [0.3, 0.4) is 0 Å². The molecule has 0 bridgehead atoms. The Balaban J connectivity index is 1.58. The molecule has 0 atom stereocenters. The van der Waals surface area contributed by atoms with E-state index in [9.17, 15) is 24.0 Å². The van der Waals surface area contributed by atoms with Crippen molar-refractivity contribution in [2.75, 3.05) is 22.5 Å². The number of anilines is 3. The van der Waals surface area contributed by atoms with Crippen molar-refractivity contribution in [2.24, 2.45) is 21.1 Å². The van der Waals surface area contributed by atoms with Crippen LogP contribution in [0.4, 0.5) is 21.9 Å². The Morgan fingerprint density at radius 2 is 1.14 bits per heavy atom. The van der Waals surface area contributed by atoms with E-state index in [1.54, 1.807) is 80.3 Å². The molecular formula is C29H39N7O7. The number of hydrogen-bond donors (Lipinski definition) is 5. The molecule has 0 radical (unpaired) electrons. The molecule has 0 aliphatic heterocycles. The van der Waals surface area contributed by atoms with Gasteiger partial charge in [0, 0.05) is 52.7 Å². The predicted molar refractivity (Wildman–Crippen MR) is 160 cm³/mol. The van der Waals surface area contributed by atoms with Crippen LogP contribution in [-0.4, -0.2) is 60.7 Å². The van der Waals surface area contributed by atoms with E-state index in [1.165, 1.54) is 12.1 Å². The first-order valence-electron chi connectivity index (χ1n) is 13.7. The number of amides is 4. The molecule has 0 aliphatic rings. The lowest BCUT2D eigenvalue weighted by molar-refractivity contribution is -0.137. The van der Waals surface area contributed by atoms with Gasteiger partial charge in [0.1, 0.15) is 22.7 Å². The highest BCUT2D eigenvalue weighted by Gasteiger charge is 2.20. The number of carbonyl (C=O) groups excluding carboxylic acids is 4. The Bertz CT molecular complexity index is 1510. The third kappa shape index (κ3) is 9.51. The third-order valence-corrected chi connectivity index (χ3v) is 6.23. The number of aliphatic carboxylic acids is 1. The molecule has 0 unspecified atom stereocenters. The number of carbonyl (C=O) groups is 5. The van der Waals surface area contributed by atoms with Crippen molar-refractivity contribution in [1.29, 1.82) is 0 Å². The minimum atomic E-state index is -0.838. The highest BCUT2D eigenvalue weighted by Crippen LogP contribution is 2.20. The van der Waals surface area contributed by atoms with Gasteiger partial charge in [-0.05, 0) is 51.8 Å². The van der Waals surface area contributed by atoms with Crippen LogP contribution in [0, 0.1) is 0 Å². The molecule has 43 heavy (non-hydrogen) atoms. The lowest BCUT2D eigenvalue weighted by Crippen LogP contribution is -2.27. The summed E-state index contributed by atoms with van der Waals surface area (Å²) in [5.74, 6) is -2.04. The quantitative estimate of drug-likeness (QED) is 0.196. The van der Waals surface area contributed by atoms with Crippen molar-refractivity contribution in [2.45, 2.75) is 52.1 Å².